The molecule has 0 aromatic heterocycles. The van der Waals surface area contributed by atoms with E-state index in [-0.39, 0.29) is 6.79 Å². The number of nitrogens with two attached hydrogens (primary N) is 1. The van der Waals surface area contributed by atoms with Crippen molar-refractivity contribution in [1.29, 1.82) is 0 Å². The number of hydrogen-bond acceptors (Lipinski definition) is 3. The van der Waals surface area contributed by atoms with Crippen LogP contribution in [0.2, 0.25) is 0 Å². The van der Waals surface area contributed by atoms with Crippen molar-refractivity contribution in [3.05, 3.63) is 63.2 Å². The minimum Gasteiger partial charge on any atom is -0.398 e. The number of benzene rings is 2. The molecule has 2 N–H and O–H groups in total. The Balaban J connectivity index is 1.71. The molecule has 19 heavy (non-hydrogen) atoms. The number of hydrogen-bond donors (Lipinski definition) is 1. The highest BCUT2D eigenvalue weighted by molar-refractivity contribution is 14.1. The molecule has 0 saturated carbocycles. The van der Waals surface area contributed by atoms with Crippen LogP contribution in [0.15, 0.2) is 48.5 Å². The van der Waals surface area contributed by atoms with Crippen molar-refractivity contribution in [3.8, 4) is 0 Å². The van der Waals surface area contributed by atoms with Crippen molar-refractivity contribution >= 4 is 28.3 Å². The van der Waals surface area contributed by atoms with E-state index in [4.69, 9.17) is 15.2 Å². The molecular formula is C15H16INO2. The van der Waals surface area contributed by atoms with E-state index in [0.717, 1.165) is 20.4 Å². The van der Waals surface area contributed by atoms with Gasteiger partial charge in [-0.15, -0.1) is 0 Å². The van der Waals surface area contributed by atoms with Crippen LogP contribution >= 0.6 is 22.6 Å². The third-order valence-corrected chi connectivity index (χ3v) is 3.96. The van der Waals surface area contributed by atoms with Crippen molar-refractivity contribution in [1.82, 2.24) is 0 Å². The molecule has 0 bridgehead atoms. The maximum absolute atomic E-state index is 5.83. The fourth-order valence-corrected chi connectivity index (χ4v) is 2.17. The Morgan fingerprint density at radius 2 is 1.63 bits per heavy atom. The van der Waals surface area contributed by atoms with Gasteiger partial charge in [-0.25, -0.2) is 0 Å². The van der Waals surface area contributed by atoms with Crippen molar-refractivity contribution in [2.45, 2.75) is 13.2 Å². The largest absolute Gasteiger partial charge is 0.398 e. The van der Waals surface area contributed by atoms with E-state index < -0.39 is 0 Å². The second-order valence-electron chi connectivity index (χ2n) is 4.12. The molecular weight excluding hydrogens is 353 g/mol. The lowest BCUT2D eigenvalue weighted by atomic mass is 10.2. The summed E-state index contributed by atoms with van der Waals surface area (Å²) in [4.78, 5) is 0. The zero-order chi connectivity index (χ0) is 13.5. The predicted molar refractivity (Wildman–Crippen MR) is 84.5 cm³/mol. The van der Waals surface area contributed by atoms with Crippen LogP contribution in [0.25, 0.3) is 0 Å². The summed E-state index contributed by atoms with van der Waals surface area (Å²) in [5.41, 5.74) is 8.85. The lowest BCUT2D eigenvalue weighted by molar-refractivity contribution is -0.0691. The van der Waals surface area contributed by atoms with Gasteiger partial charge in [0.05, 0.1) is 13.2 Å². The summed E-state index contributed by atoms with van der Waals surface area (Å²) < 4.78 is 12.0. The number of ether oxygens (including phenoxy) is 2. The molecule has 0 spiro atoms. The average Bonchev–Trinajstić information content (AvgIpc) is 2.44. The summed E-state index contributed by atoms with van der Waals surface area (Å²) >= 11 is 2.23. The van der Waals surface area contributed by atoms with Crippen LogP contribution in [0.1, 0.15) is 11.1 Å². The highest BCUT2D eigenvalue weighted by Crippen LogP contribution is 2.19. The average molecular weight is 369 g/mol. The molecule has 0 unspecified atom stereocenters. The van der Waals surface area contributed by atoms with Gasteiger partial charge >= 0.3 is 0 Å². The monoisotopic (exact) mass is 369 g/mol. The molecule has 0 saturated heterocycles. The number of nitrogen functional groups attached to an aromatic ring is 1. The van der Waals surface area contributed by atoms with Gasteiger partial charge in [0.15, 0.2) is 0 Å². The molecule has 0 aliphatic heterocycles. The van der Waals surface area contributed by atoms with Crippen LogP contribution in [0, 0.1) is 3.57 Å². The van der Waals surface area contributed by atoms with Crippen LogP contribution in [0.5, 0.6) is 0 Å². The Labute approximate surface area is 126 Å². The molecule has 2 rings (SSSR count). The fraction of sp³-hybridized carbons (Fsp3) is 0.200. The molecule has 2 aromatic rings. The topological polar surface area (TPSA) is 44.5 Å². The number of halogens is 1. The molecule has 3 nitrogen and oxygen atoms in total. The quantitative estimate of drug-likeness (QED) is 0.367. The zero-order valence-corrected chi connectivity index (χ0v) is 12.7. The Kier molecular flexibility index (Phi) is 5.62. The van der Waals surface area contributed by atoms with E-state index >= 15 is 0 Å². The number of anilines is 1. The van der Waals surface area contributed by atoms with Crippen LogP contribution in [-0.4, -0.2) is 6.79 Å². The summed E-state index contributed by atoms with van der Waals surface area (Å²) in [5.74, 6) is 0. The molecule has 4 heteroatoms. The first-order chi connectivity index (χ1) is 9.27. The maximum atomic E-state index is 5.83. The van der Waals surface area contributed by atoms with Gasteiger partial charge in [-0.3, -0.25) is 0 Å². The van der Waals surface area contributed by atoms with Gasteiger partial charge in [0.25, 0.3) is 0 Å². The molecule has 0 radical (unpaired) electrons. The maximum Gasteiger partial charge on any atom is 0.147 e. The van der Waals surface area contributed by atoms with Gasteiger partial charge in [0.2, 0.25) is 0 Å². The second-order valence-corrected chi connectivity index (χ2v) is 5.20. The third-order valence-electron chi connectivity index (χ3n) is 2.64. The number of rotatable bonds is 6. The van der Waals surface area contributed by atoms with Gasteiger partial charge < -0.3 is 15.2 Å². The zero-order valence-electron chi connectivity index (χ0n) is 10.5. The minimum atomic E-state index is 0.278. The molecule has 0 aliphatic carbocycles. The fourth-order valence-electron chi connectivity index (χ4n) is 1.66. The summed E-state index contributed by atoms with van der Waals surface area (Å²) in [6.07, 6.45) is 0. The highest BCUT2D eigenvalue weighted by atomic mass is 127. The van der Waals surface area contributed by atoms with Gasteiger partial charge in [0, 0.05) is 9.26 Å². The Hall–Kier alpha value is -1.11. The van der Waals surface area contributed by atoms with Crippen molar-refractivity contribution in [2.75, 3.05) is 12.5 Å². The Bertz CT molecular complexity index is 517. The summed E-state index contributed by atoms with van der Waals surface area (Å²) in [6.45, 7) is 1.35. The Morgan fingerprint density at radius 1 is 0.895 bits per heavy atom. The Morgan fingerprint density at radius 3 is 2.42 bits per heavy atom. The minimum absolute atomic E-state index is 0.278. The normalized spacial score (nSPS) is 10.6. The van der Waals surface area contributed by atoms with Gasteiger partial charge in [-0.05, 0) is 39.8 Å². The molecule has 0 amide bonds. The molecule has 0 heterocycles. The van der Waals surface area contributed by atoms with Crippen LogP contribution < -0.4 is 5.73 Å². The molecule has 2 aromatic carbocycles. The first-order valence-corrected chi connectivity index (χ1v) is 7.07. The second kappa shape index (κ2) is 7.47. The smallest absolute Gasteiger partial charge is 0.147 e. The summed E-state index contributed by atoms with van der Waals surface area (Å²) in [7, 11) is 0. The van der Waals surface area contributed by atoms with E-state index in [1.165, 1.54) is 0 Å². The van der Waals surface area contributed by atoms with Gasteiger partial charge in [-0.2, -0.15) is 0 Å². The third kappa shape index (κ3) is 4.49. The first-order valence-electron chi connectivity index (χ1n) is 5.99. The SMILES string of the molecule is Nc1cccc(COCOCc2ccccc2)c1I. The van der Waals surface area contributed by atoms with E-state index in [9.17, 15) is 0 Å². The van der Waals surface area contributed by atoms with Crippen molar-refractivity contribution in [2.24, 2.45) is 0 Å². The van der Waals surface area contributed by atoms with Gasteiger partial charge in [-0.1, -0.05) is 42.5 Å². The summed E-state index contributed by atoms with van der Waals surface area (Å²) in [6, 6.07) is 15.9. The van der Waals surface area contributed by atoms with Crippen molar-refractivity contribution < 1.29 is 9.47 Å². The predicted octanol–water partition coefficient (Wildman–Crippen LogP) is 3.56. The molecule has 0 aliphatic rings. The van der Waals surface area contributed by atoms with E-state index in [2.05, 4.69) is 22.6 Å². The van der Waals surface area contributed by atoms with E-state index in [0.29, 0.717) is 13.2 Å². The van der Waals surface area contributed by atoms with Crippen LogP contribution in [0.3, 0.4) is 0 Å². The van der Waals surface area contributed by atoms with Crippen LogP contribution in [0.4, 0.5) is 5.69 Å². The first kappa shape index (κ1) is 14.3. The lowest BCUT2D eigenvalue weighted by Gasteiger charge is -2.08. The molecule has 0 atom stereocenters. The van der Waals surface area contributed by atoms with Crippen molar-refractivity contribution in [3.63, 3.8) is 0 Å². The van der Waals surface area contributed by atoms with E-state index in [1.54, 1.807) is 0 Å². The van der Waals surface area contributed by atoms with E-state index in [1.807, 2.05) is 48.5 Å². The standard InChI is InChI=1S/C15H16INO2/c16-15-13(7-4-8-14(15)17)10-19-11-18-9-12-5-2-1-3-6-12/h1-8H,9-11,17H2. The van der Waals surface area contributed by atoms with Gasteiger partial charge in [0.1, 0.15) is 6.79 Å². The lowest BCUT2D eigenvalue weighted by Crippen LogP contribution is -2.03. The molecule has 0 fully saturated rings. The van der Waals surface area contributed by atoms with Crippen LogP contribution in [-0.2, 0) is 22.7 Å². The summed E-state index contributed by atoms with van der Waals surface area (Å²) in [5, 5.41) is 0. The highest BCUT2D eigenvalue weighted by Gasteiger charge is 2.02. The molecule has 100 valence electrons.